The van der Waals surface area contributed by atoms with Crippen molar-refractivity contribution in [1.29, 1.82) is 0 Å². The molecule has 2 nitrogen and oxygen atoms in total. The number of hydrogen-bond donors (Lipinski definition) is 0. The SMILES string of the molecule is CCc1cccc(-c2ccc(OC)cc2)c1C1=CCCC=N1. The molecule has 0 saturated carbocycles. The van der Waals surface area contributed by atoms with Crippen LogP contribution in [-0.2, 0) is 6.42 Å². The van der Waals surface area contributed by atoms with Crippen LogP contribution in [0.4, 0.5) is 0 Å². The fourth-order valence-electron chi connectivity index (χ4n) is 2.89. The van der Waals surface area contributed by atoms with E-state index in [1.165, 1.54) is 22.3 Å². The van der Waals surface area contributed by atoms with E-state index < -0.39 is 0 Å². The molecule has 0 saturated heterocycles. The summed E-state index contributed by atoms with van der Waals surface area (Å²) in [5.41, 5.74) is 6.17. The molecular weight excluding hydrogens is 270 g/mol. The first-order valence-corrected chi connectivity index (χ1v) is 7.83. The van der Waals surface area contributed by atoms with Crippen LogP contribution in [0, 0.1) is 0 Å². The third-order valence-corrected chi connectivity index (χ3v) is 4.05. The number of ether oxygens (including phenoxy) is 1. The Morgan fingerprint density at radius 3 is 2.50 bits per heavy atom. The third kappa shape index (κ3) is 2.82. The number of benzene rings is 2. The summed E-state index contributed by atoms with van der Waals surface area (Å²) in [6, 6.07) is 14.8. The van der Waals surface area contributed by atoms with Crippen molar-refractivity contribution in [1.82, 2.24) is 0 Å². The van der Waals surface area contributed by atoms with Gasteiger partial charge in [0.15, 0.2) is 0 Å². The molecule has 3 rings (SSSR count). The smallest absolute Gasteiger partial charge is 0.118 e. The number of aryl methyl sites for hydroxylation is 1. The van der Waals surface area contributed by atoms with Crippen LogP contribution in [0.15, 0.2) is 53.5 Å². The summed E-state index contributed by atoms with van der Waals surface area (Å²) in [5, 5.41) is 0. The number of rotatable bonds is 4. The van der Waals surface area contributed by atoms with Crippen molar-refractivity contribution in [3.8, 4) is 16.9 Å². The van der Waals surface area contributed by atoms with Crippen LogP contribution < -0.4 is 4.74 Å². The van der Waals surface area contributed by atoms with Crippen molar-refractivity contribution in [2.75, 3.05) is 7.11 Å². The maximum atomic E-state index is 5.26. The van der Waals surface area contributed by atoms with Crippen molar-refractivity contribution in [2.45, 2.75) is 26.2 Å². The molecule has 1 heterocycles. The predicted octanol–water partition coefficient (Wildman–Crippen LogP) is 5.13. The summed E-state index contributed by atoms with van der Waals surface area (Å²) < 4.78 is 5.26. The average molecular weight is 291 g/mol. The summed E-state index contributed by atoms with van der Waals surface area (Å²) in [6.07, 6.45) is 7.39. The Balaban J connectivity index is 2.14. The molecule has 0 unspecified atom stereocenters. The Kier molecular flexibility index (Phi) is 4.38. The number of hydrogen-bond acceptors (Lipinski definition) is 2. The lowest BCUT2D eigenvalue weighted by atomic mass is 9.91. The van der Waals surface area contributed by atoms with Crippen molar-refractivity contribution < 1.29 is 4.74 Å². The Bertz CT molecular complexity index is 711. The van der Waals surface area contributed by atoms with Gasteiger partial charge in [-0.05, 0) is 48.1 Å². The molecule has 0 radical (unpaired) electrons. The topological polar surface area (TPSA) is 21.6 Å². The van der Waals surface area contributed by atoms with Gasteiger partial charge in [-0.1, -0.05) is 43.3 Å². The van der Waals surface area contributed by atoms with Gasteiger partial charge < -0.3 is 4.74 Å². The monoisotopic (exact) mass is 291 g/mol. The Morgan fingerprint density at radius 2 is 1.86 bits per heavy atom. The third-order valence-electron chi connectivity index (χ3n) is 4.05. The van der Waals surface area contributed by atoms with Crippen molar-refractivity contribution >= 4 is 11.9 Å². The molecule has 0 bridgehead atoms. The fraction of sp³-hybridized carbons (Fsp3) is 0.250. The molecule has 2 aromatic carbocycles. The zero-order valence-corrected chi connectivity index (χ0v) is 13.2. The van der Waals surface area contributed by atoms with Crippen LogP contribution in [0.25, 0.3) is 16.8 Å². The molecule has 2 heteroatoms. The Hall–Kier alpha value is -2.35. The first-order valence-electron chi connectivity index (χ1n) is 7.83. The average Bonchev–Trinajstić information content (AvgIpc) is 2.62. The van der Waals surface area contributed by atoms with Gasteiger partial charge in [-0.25, -0.2) is 0 Å². The highest BCUT2D eigenvalue weighted by atomic mass is 16.5. The molecule has 0 amide bonds. The van der Waals surface area contributed by atoms with Crippen LogP contribution in [0.1, 0.15) is 30.9 Å². The van der Waals surface area contributed by atoms with Crippen LogP contribution in [-0.4, -0.2) is 13.3 Å². The minimum Gasteiger partial charge on any atom is -0.497 e. The molecule has 0 fully saturated rings. The van der Waals surface area contributed by atoms with E-state index in [0.717, 1.165) is 30.7 Å². The molecule has 22 heavy (non-hydrogen) atoms. The molecular formula is C20H21NO. The zero-order valence-electron chi connectivity index (χ0n) is 13.2. The summed E-state index contributed by atoms with van der Waals surface area (Å²) in [6.45, 7) is 2.20. The highest BCUT2D eigenvalue weighted by molar-refractivity contribution is 5.86. The molecule has 0 aliphatic carbocycles. The van der Waals surface area contributed by atoms with Crippen LogP contribution in [0.3, 0.4) is 0 Å². The number of methoxy groups -OCH3 is 1. The van der Waals surface area contributed by atoms with E-state index in [9.17, 15) is 0 Å². The first-order chi connectivity index (χ1) is 10.8. The quantitative estimate of drug-likeness (QED) is 0.765. The lowest BCUT2D eigenvalue weighted by Gasteiger charge is -2.16. The van der Waals surface area contributed by atoms with Gasteiger partial charge in [0.25, 0.3) is 0 Å². The van der Waals surface area contributed by atoms with Gasteiger partial charge in [0.1, 0.15) is 5.75 Å². The minimum atomic E-state index is 0.881. The number of nitrogens with zero attached hydrogens (tertiary/aromatic N) is 1. The summed E-state index contributed by atoms with van der Waals surface area (Å²) in [4.78, 5) is 4.64. The lowest BCUT2D eigenvalue weighted by molar-refractivity contribution is 0.415. The molecule has 112 valence electrons. The van der Waals surface area contributed by atoms with E-state index in [4.69, 9.17) is 4.74 Å². The maximum absolute atomic E-state index is 5.26. The van der Waals surface area contributed by atoms with Gasteiger partial charge >= 0.3 is 0 Å². The summed E-state index contributed by atoms with van der Waals surface area (Å²) in [5.74, 6) is 0.881. The van der Waals surface area contributed by atoms with Gasteiger partial charge in [-0.15, -0.1) is 0 Å². The normalized spacial score (nSPS) is 13.8. The van der Waals surface area contributed by atoms with E-state index in [1.54, 1.807) is 7.11 Å². The Labute approximate surface area is 132 Å². The molecule has 0 spiro atoms. The molecule has 2 aromatic rings. The predicted molar refractivity (Wildman–Crippen MR) is 93.5 cm³/mol. The highest BCUT2D eigenvalue weighted by Gasteiger charge is 2.14. The van der Waals surface area contributed by atoms with E-state index in [-0.39, 0.29) is 0 Å². The van der Waals surface area contributed by atoms with E-state index in [0.29, 0.717) is 0 Å². The molecule has 0 atom stereocenters. The molecule has 0 aromatic heterocycles. The summed E-state index contributed by atoms with van der Waals surface area (Å²) in [7, 11) is 1.69. The number of aliphatic imine (C=N–C) groups is 1. The van der Waals surface area contributed by atoms with E-state index >= 15 is 0 Å². The fourth-order valence-corrected chi connectivity index (χ4v) is 2.89. The maximum Gasteiger partial charge on any atom is 0.118 e. The molecule has 1 aliphatic heterocycles. The first kappa shape index (κ1) is 14.6. The van der Waals surface area contributed by atoms with Crippen LogP contribution >= 0.6 is 0 Å². The van der Waals surface area contributed by atoms with Gasteiger partial charge in [-0.3, -0.25) is 4.99 Å². The van der Waals surface area contributed by atoms with Gasteiger partial charge in [-0.2, -0.15) is 0 Å². The van der Waals surface area contributed by atoms with E-state index in [1.807, 2.05) is 18.3 Å². The standard InChI is InChI=1S/C20H21NO/c1-3-15-7-6-8-18(16-10-12-17(22-2)13-11-16)20(15)19-9-4-5-14-21-19/h6-14H,3-5H2,1-2H3. The highest BCUT2D eigenvalue weighted by Crippen LogP contribution is 2.34. The lowest BCUT2D eigenvalue weighted by Crippen LogP contribution is -1.98. The van der Waals surface area contributed by atoms with Crippen molar-refractivity contribution in [2.24, 2.45) is 4.99 Å². The van der Waals surface area contributed by atoms with Gasteiger partial charge in [0.2, 0.25) is 0 Å². The van der Waals surface area contributed by atoms with Gasteiger partial charge in [0, 0.05) is 11.8 Å². The van der Waals surface area contributed by atoms with Gasteiger partial charge in [0.05, 0.1) is 12.8 Å². The zero-order chi connectivity index (χ0) is 15.4. The van der Waals surface area contributed by atoms with Crippen molar-refractivity contribution in [3.05, 3.63) is 59.7 Å². The summed E-state index contributed by atoms with van der Waals surface area (Å²) >= 11 is 0. The van der Waals surface area contributed by atoms with Crippen LogP contribution in [0.5, 0.6) is 5.75 Å². The van der Waals surface area contributed by atoms with Crippen molar-refractivity contribution in [3.63, 3.8) is 0 Å². The second-order valence-electron chi connectivity index (χ2n) is 5.40. The van der Waals surface area contributed by atoms with E-state index in [2.05, 4.69) is 48.3 Å². The molecule has 1 aliphatic rings. The molecule has 0 N–H and O–H groups in total. The second kappa shape index (κ2) is 6.61. The Morgan fingerprint density at radius 1 is 1.05 bits per heavy atom. The van der Waals surface area contributed by atoms with Crippen LogP contribution in [0.2, 0.25) is 0 Å². The number of allylic oxidation sites excluding steroid dienone is 1. The second-order valence-corrected chi connectivity index (χ2v) is 5.40. The minimum absolute atomic E-state index is 0.881. The largest absolute Gasteiger partial charge is 0.497 e.